The number of aryl methyl sites for hydroxylation is 2. The maximum absolute atomic E-state index is 12.5. The van der Waals surface area contributed by atoms with Crippen molar-refractivity contribution < 1.29 is 13.2 Å². The normalized spacial score (nSPS) is 13.0. The first kappa shape index (κ1) is 24.9. The Morgan fingerprint density at radius 1 is 1.06 bits per heavy atom. The van der Waals surface area contributed by atoms with Crippen LogP contribution in [0, 0.1) is 13.8 Å². The maximum Gasteiger partial charge on any atom is 0.232 e. The topological polar surface area (TPSA) is 66.5 Å². The van der Waals surface area contributed by atoms with Gasteiger partial charge in [-0.05, 0) is 60.9 Å². The summed E-state index contributed by atoms with van der Waals surface area (Å²) in [4.78, 5) is 12.5. The number of sulfonamides is 1. The molecule has 0 spiro atoms. The zero-order valence-electron chi connectivity index (χ0n) is 19.8. The Kier molecular flexibility index (Phi) is 7.93. The fourth-order valence-corrected chi connectivity index (χ4v) is 4.52. The Bertz CT molecular complexity index is 1010. The summed E-state index contributed by atoms with van der Waals surface area (Å²) in [6.07, 6.45) is 1.92. The van der Waals surface area contributed by atoms with Crippen molar-refractivity contribution in [3.63, 3.8) is 0 Å². The van der Waals surface area contributed by atoms with Gasteiger partial charge in [-0.25, -0.2) is 8.42 Å². The molecule has 0 radical (unpaired) electrons. The number of carbonyl (C=O) groups is 1. The minimum atomic E-state index is -3.44. The smallest absolute Gasteiger partial charge is 0.232 e. The molecule has 0 aromatic heterocycles. The van der Waals surface area contributed by atoms with Crippen molar-refractivity contribution in [1.29, 1.82) is 0 Å². The first-order chi connectivity index (χ1) is 14.3. The zero-order chi connectivity index (χ0) is 23.4. The summed E-state index contributed by atoms with van der Waals surface area (Å²) in [6, 6.07) is 14.0. The van der Waals surface area contributed by atoms with Gasteiger partial charge in [-0.3, -0.25) is 9.10 Å². The molecular formula is C25H36N2O3S. The highest BCUT2D eigenvalue weighted by Crippen LogP contribution is 2.25. The molecule has 0 aliphatic rings. The van der Waals surface area contributed by atoms with E-state index in [9.17, 15) is 13.2 Å². The molecule has 0 heterocycles. The van der Waals surface area contributed by atoms with Crippen molar-refractivity contribution in [3.8, 4) is 0 Å². The first-order valence-corrected chi connectivity index (χ1v) is 12.6. The van der Waals surface area contributed by atoms with Crippen molar-refractivity contribution in [2.24, 2.45) is 0 Å². The van der Waals surface area contributed by atoms with Gasteiger partial charge >= 0.3 is 0 Å². The predicted octanol–water partition coefficient (Wildman–Crippen LogP) is 5.02. The molecule has 5 nitrogen and oxygen atoms in total. The van der Waals surface area contributed by atoms with Crippen LogP contribution in [0.5, 0.6) is 0 Å². The number of carbonyl (C=O) groups excluding carboxylic acids is 1. The largest absolute Gasteiger partial charge is 0.350 e. The quantitative estimate of drug-likeness (QED) is 0.621. The predicted molar refractivity (Wildman–Crippen MR) is 129 cm³/mol. The molecule has 6 heteroatoms. The number of nitrogens with one attached hydrogen (secondary N) is 1. The standard InChI is InChI=1S/C25H36N2O3S/c1-18-10-11-19(2)23(17-18)27(31(7,29)30)16-8-9-24(28)26-20(3)21-12-14-22(15-13-21)25(4,5)6/h10-15,17,20H,8-9,16H2,1-7H3,(H,26,28). The highest BCUT2D eigenvalue weighted by atomic mass is 32.2. The second-order valence-electron chi connectivity index (χ2n) is 9.39. The van der Waals surface area contributed by atoms with Gasteiger partial charge in [0, 0.05) is 13.0 Å². The van der Waals surface area contributed by atoms with Gasteiger partial charge in [0.25, 0.3) is 0 Å². The van der Waals surface area contributed by atoms with E-state index < -0.39 is 10.0 Å². The second-order valence-corrected chi connectivity index (χ2v) is 11.3. The fourth-order valence-electron chi connectivity index (χ4n) is 3.51. The van der Waals surface area contributed by atoms with E-state index in [1.165, 1.54) is 16.1 Å². The monoisotopic (exact) mass is 444 g/mol. The Balaban J connectivity index is 1.97. The summed E-state index contributed by atoms with van der Waals surface area (Å²) in [5.41, 5.74) is 4.96. The van der Waals surface area contributed by atoms with Crippen molar-refractivity contribution in [2.45, 2.75) is 65.8 Å². The molecule has 2 aromatic rings. The summed E-state index contributed by atoms with van der Waals surface area (Å²) in [5.74, 6) is -0.0817. The van der Waals surface area contributed by atoms with E-state index in [4.69, 9.17) is 0 Å². The number of rotatable bonds is 8. The molecule has 0 fully saturated rings. The van der Waals surface area contributed by atoms with E-state index in [1.54, 1.807) is 0 Å². The Morgan fingerprint density at radius 3 is 2.23 bits per heavy atom. The van der Waals surface area contributed by atoms with Crippen LogP contribution in [0.1, 0.15) is 68.8 Å². The molecule has 0 saturated heterocycles. The van der Waals surface area contributed by atoms with Crippen LogP contribution in [-0.4, -0.2) is 27.1 Å². The number of benzene rings is 2. The highest BCUT2D eigenvalue weighted by molar-refractivity contribution is 7.92. The molecule has 31 heavy (non-hydrogen) atoms. The average Bonchev–Trinajstić information content (AvgIpc) is 2.66. The molecule has 2 rings (SSSR count). The molecule has 0 saturated carbocycles. The zero-order valence-corrected chi connectivity index (χ0v) is 20.6. The first-order valence-electron chi connectivity index (χ1n) is 10.7. The van der Waals surface area contributed by atoms with Crippen LogP contribution in [0.25, 0.3) is 0 Å². The minimum absolute atomic E-state index is 0.0817. The van der Waals surface area contributed by atoms with Gasteiger partial charge in [0.05, 0.1) is 18.0 Å². The molecule has 1 atom stereocenters. The lowest BCUT2D eigenvalue weighted by molar-refractivity contribution is -0.121. The van der Waals surface area contributed by atoms with Crippen molar-refractivity contribution in [2.75, 3.05) is 17.1 Å². The van der Waals surface area contributed by atoms with Gasteiger partial charge in [-0.2, -0.15) is 0 Å². The van der Waals surface area contributed by atoms with Gasteiger partial charge in [0.15, 0.2) is 0 Å². The van der Waals surface area contributed by atoms with Crippen molar-refractivity contribution in [1.82, 2.24) is 5.32 Å². The Morgan fingerprint density at radius 2 is 1.68 bits per heavy atom. The second kappa shape index (κ2) is 9.86. The Labute approximate surface area is 187 Å². The summed E-state index contributed by atoms with van der Waals surface area (Å²) in [6.45, 7) is 12.6. The average molecular weight is 445 g/mol. The van der Waals surface area contributed by atoms with Gasteiger partial charge in [-0.15, -0.1) is 0 Å². The van der Waals surface area contributed by atoms with E-state index in [2.05, 4.69) is 50.4 Å². The van der Waals surface area contributed by atoms with Gasteiger partial charge < -0.3 is 5.32 Å². The lowest BCUT2D eigenvalue weighted by atomic mass is 9.86. The fraction of sp³-hybridized carbons (Fsp3) is 0.480. The lowest BCUT2D eigenvalue weighted by Crippen LogP contribution is -2.33. The number of hydrogen-bond acceptors (Lipinski definition) is 3. The molecular weight excluding hydrogens is 408 g/mol. The third kappa shape index (κ3) is 7.10. The maximum atomic E-state index is 12.5. The van der Waals surface area contributed by atoms with Gasteiger partial charge in [0.1, 0.15) is 0 Å². The third-order valence-corrected chi connectivity index (χ3v) is 6.63. The van der Waals surface area contributed by atoms with Crippen LogP contribution in [0.3, 0.4) is 0 Å². The molecule has 1 amide bonds. The molecule has 1 N–H and O–H groups in total. The summed E-state index contributed by atoms with van der Waals surface area (Å²) >= 11 is 0. The van der Waals surface area contributed by atoms with Gasteiger partial charge in [-0.1, -0.05) is 57.2 Å². The van der Waals surface area contributed by atoms with Crippen LogP contribution in [0.2, 0.25) is 0 Å². The highest BCUT2D eigenvalue weighted by Gasteiger charge is 2.20. The molecule has 2 aromatic carbocycles. The van der Waals surface area contributed by atoms with Crippen LogP contribution < -0.4 is 9.62 Å². The van der Waals surface area contributed by atoms with Gasteiger partial charge in [0.2, 0.25) is 15.9 Å². The molecule has 170 valence electrons. The minimum Gasteiger partial charge on any atom is -0.350 e. The van der Waals surface area contributed by atoms with E-state index in [-0.39, 0.29) is 30.3 Å². The lowest BCUT2D eigenvalue weighted by Gasteiger charge is -2.25. The summed E-state index contributed by atoms with van der Waals surface area (Å²) in [5, 5.41) is 3.02. The molecule has 0 bridgehead atoms. The number of amides is 1. The SMILES string of the molecule is Cc1ccc(C)c(N(CCCC(=O)NC(C)c2ccc(C(C)(C)C)cc2)S(C)(=O)=O)c1. The Hall–Kier alpha value is -2.34. The van der Waals surface area contributed by atoms with Crippen LogP contribution >= 0.6 is 0 Å². The molecule has 1 unspecified atom stereocenters. The van der Waals surface area contributed by atoms with E-state index in [0.29, 0.717) is 12.1 Å². The third-order valence-electron chi connectivity index (χ3n) is 5.45. The number of nitrogens with zero attached hydrogens (tertiary/aromatic N) is 1. The van der Waals surface area contributed by atoms with Crippen LogP contribution in [-0.2, 0) is 20.2 Å². The number of hydrogen-bond donors (Lipinski definition) is 1. The summed E-state index contributed by atoms with van der Waals surface area (Å²) in [7, 11) is -3.44. The van der Waals surface area contributed by atoms with Crippen molar-refractivity contribution >= 4 is 21.6 Å². The van der Waals surface area contributed by atoms with Crippen LogP contribution in [0.15, 0.2) is 42.5 Å². The van der Waals surface area contributed by atoms with E-state index in [1.807, 2.05) is 39.0 Å². The summed E-state index contributed by atoms with van der Waals surface area (Å²) < 4.78 is 26.1. The number of anilines is 1. The molecule has 0 aliphatic heterocycles. The molecule has 0 aliphatic carbocycles. The van der Waals surface area contributed by atoms with Crippen molar-refractivity contribution in [3.05, 3.63) is 64.7 Å². The van der Waals surface area contributed by atoms with Crippen LogP contribution in [0.4, 0.5) is 5.69 Å². The van der Waals surface area contributed by atoms with E-state index >= 15 is 0 Å². The van der Waals surface area contributed by atoms with E-state index in [0.717, 1.165) is 16.7 Å².